The Balaban J connectivity index is 1.30. The Morgan fingerprint density at radius 1 is 1.03 bits per heavy atom. The molecule has 0 bridgehead atoms. The predicted octanol–water partition coefficient (Wildman–Crippen LogP) is 4.87. The van der Waals surface area contributed by atoms with Crippen LogP contribution in [0.1, 0.15) is 20.8 Å². The molecule has 0 saturated heterocycles. The summed E-state index contributed by atoms with van der Waals surface area (Å²) in [6.07, 6.45) is 0. The molecule has 3 N–H and O–H groups in total. The number of methoxy groups -OCH3 is 1. The number of nitrogens with zero attached hydrogens (tertiary/aromatic N) is 1. The lowest BCUT2D eigenvalue weighted by Crippen LogP contribution is -2.29. The largest absolute Gasteiger partial charge is 0.465 e. The van der Waals surface area contributed by atoms with Crippen LogP contribution in [-0.2, 0) is 4.74 Å². The second-order valence-electron chi connectivity index (χ2n) is 8.23. The Morgan fingerprint density at radius 3 is 2.69 bits per heavy atom. The molecule has 0 aliphatic carbocycles. The van der Waals surface area contributed by atoms with Crippen molar-refractivity contribution < 1.29 is 27.8 Å². The van der Waals surface area contributed by atoms with Crippen molar-refractivity contribution in [2.75, 3.05) is 24.0 Å². The third kappa shape index (κ3) is 3.38. The highest BCUT2D eigenvalue weighted by Crippen LogP contribution is 2.42. The van der Waals surface area contributed by atoms with Gasteiger partial charge in [-0.2, -0.15) is 4.39 Å². The molecule has 6 rings (SSSR count). The monoisotopic (exact) mass is 488 g/mol. The number of ketones is 1. The number of aromatic amines is 1. The van der Waals surface area contributed by atoms with E-state index in [2.05, 4.69) is 15.7 Å². The smallest absolute Gasteiger partial charge is 0.338 e. The van der Waals surface area contributed by atoms with Crippen LogP contribution in [0.5, 0.6) is 11.5 Å². The summed E-state index contributed by atoms with van der Waals surface area (Å²) in [7, 11) is 1.31. The van der Waals surface area contributed by atoms with E-state index >= 15 is 0 Å². The Labute approximate surface area is 203 Å². The summed E-state index contributed by atoms with van der Waals surface area (Å²) in [4.78, 5) is 28.6. The molecule has 36 heavy (non-hydrogen) atoms. The molecule has 10 heteroatoms. The van der Waals surface area contributed by atoms with Crippen LogP contribution in [0.3, 0.4) is 0 Å². The maximum absolute atomic E-state index is 14.0. The van der Waals surface area contributed by atoms with E-state index in [9.17, 15) is 18.4 Å². The van der Waals surface area contributed by atoms with Gasteiger partial charge in [0.25, 0.3) is 0 Å². The average Bonchev–Trinajstić information content (AvgIpc) is 3.59. The molecule has 1 aromatic heterocycles. The van der Waals surface area contributed by atoms with Gasteiger partial charge in [-0.1, -0.05) is 12.1 Å². The number of H-pyrrole nitrogens is 1. The fraction of sp³-hybridized carbons (Fsp3) is 0.0769. The van der Waals surface area contributed by atoms with Crippen molar-refractivity contribution in [3.05, 3.63) is 94.9 Å². The molecule has 0 saturated carbocycles. The Bertz CT molecular complexity index is 1610. The quantitative estimate of drug-likeness (QED) is 0.273. The SMILES string of the molecule is COC(=O)c1cccc2[nH]c(C(=O)C3=C4Nc5cc(Oc6cccc(F)c6F)ccc5N4NC3)cc12. The number of Topliss-reactive ketones (excluding diaryl/α,β-unsaturated/α-hetero) is 1. The van der Waals surface area contributed by atoms with Crippen LogP contribution >= 0.6 is 0 Å². The maximum Gasteiger partial charge on any atom is 0.338 e. The Kier molecular flexibility index (Phi) is 4.97. The number of fused-ring (bicyclic) bond motifs is 4. The number of aromatic nitrogens is 1. The van der Waals surface area contributed by atoms with E-state index in [0.29, 0.717) is 45.0 Å². The van der Waals surface area contributed by atoms with Crippen LogP contribution in [0.15, 0.2) is 72.1 Å². The first-order valence-electron chi connectivity index (χ1n) is 11.0. The fourth-order valence-corrected chi connectivity index (χ4v) is 4.40. The van der Waals surface area contributed by atoms with E-state index in [1.165, 1.54) is 19.2 Å². The standard InChI is InChI=1S/C26H18F2N4O4/c1-35-26(34)14-4-2-6-18-15(14)11-20(30-18)24(33)16-12-29-32-21-9-8-13(10-19(21)31-25(16)32)36-22-7-3-5-17(27)23(22)28/h2-11,29-31H,12H2,1H3. The van der Waals surface area contributed by atoms with Crippen molar-refractivity contribution in [1.82, 2.24) is 10.4 Å². The van der Waals surface area contributed by atoms with Crippen molar-refractivity contribution in [3.63, 3.8) is 0 Å². The summed E-state index contributed by atoms with van der Waals surface area (Å²) in [6.45, 7) is 0.284. The molecule has 0 fully saturated rings. The van der Waals surface area contributed by atoms with Gasteiger partial charge in [-0.3, -0.25) is 9.80 Å². The van der Waals surface area contributed by atoms with Crippen molar-refractivity contribution in [3.8, 4) is 11.5 Å². The molecule has 0 spiro atoms. The summed E-state index contributed by atoms with van der Waals surface area (Å²) in [6, 6.07) is 15.5. The predicted molar refractivity (Wildman–Crippen MR) is 128 cm³/mol. The Morgan fingerprint density at radius 2 is 1.86 bits per heavy atom. The first-order chi connectivity index (χ1) is 17.4. The molecule has 2 aliphatic rings. The number of nitrogens with one attached hydrogen (secondary N) is 3. The summed E-state index contributed by atoms with van der Waals surface area (Å²) in [5, 5.41) is 5.55. The number of rotatable bonds is 5. The zero-order valence-corrected chi connectivity index (χ0v) is 18.8. The van der Waals surface area contributed by atoms with Crippen LogP contribution in [-0.4, -0.2) is 30.4 Å². The highest BCUT2D eigenvalue weighted by atomic mass is 19.2. The topological polar surface area (TPSA) is 95.7 Å². The highest BCUT2D eigenvalue weighted by Gasteiger charge is 2.35. The van der Waals surface area contributed by atoms with Gasteiger partial charge in [0.2, 0.25) is 11.6 Å². The van der Waals surface area contributed by atoms with E-state index in [1.807, 2.05) is 0 Å². The van der Waals surface area contributed by atoms with E-state index in [0.717, 1.165) is 11.8 Å². The van der Waals surface area contributed by atoms with Crippen molar-refractivity contribution in [1.29, 1.82) is 0 Å². The van der Waals surface area contributed by atoms with Gasteiger partial charge in [0.1, 0.15) is 11.6 Å². The molecule has 8 nitrogen and oxygen atoms in total. The van der Waals surface area contributed by atoms with Crippen LogP contribution in [0.2, 0.25) is 0 Å². The molecule has 0 atom stereocenters. The van der Waals surface area contributed by atoms with Gasteiger partial charge in [-0.05, 0) is 42.5 Å². The highest BCUT2D eigenvalue weighted by molar-refractivity contribution is 6.14. The van der Waals surface area contributed by atoms with Crippen LogP contribution in [0.4, 0.5) is 20.2 Å². The molecular formula is C26H18F2N4O4. The van der Waals surface area contributed by atoms with Crippen molar-refractivity contribution in [2.24, 2.45) is 0 Å². The van der Waals surface area contributed by atoms with Gasteiger partial charge < -0.3 is 19.8 Å². The second kappa shape index (κ2) is 8.21. The van der Waals surface area contributed by atoms with E-state index in [-0.39, 0.29) is 18.1 Å². The molecule has 180 valence electrons. The van der Waals surface area contributed by atoms with E-state index in [1.54, 1.807) is 47.5 Å². The lowest BCUT2D eigenvalue weighted by Gasteiger charge is -2.14. The molecule has 0 radical (unpaired) electrons. The molecule has 3 heterocycles. The third-order valence-corrected chi connectivity index (χ3v) is 6.12. The van der Waals surface area contributed by atoms with Gasteiger partial charge >= 0.3 is 5.97 Å². The van der Waals surface area contributed by atoms with Gasteiger partial charge in [0.05, 0.1) is 35.3 Å². The zero-order valence-electron chi connectivity index (χ0n) is 18.8. The van der Waals surface area contributed by atoms with Gasteiger partial charge in [-0.15, -0.1) is 0 Å². The zero-order chi connectivity index (χ0) is 25.0. The first kappa shape index (κ1) is 21.8. The number of ether oxygens (including phenoxy) is 2. The summed E-state index contributed by atoms with van der Waals surface area (Å²) in [5.41, 5.74) is 6.36. The number of carbonyl (C=O) groups excluding carboxylic acids is 2. The van der Waals surface area contributed by atoms with E-state index < -0.39 is 17.6 Å². The van der Waals surface area contributed by atoms with Crippen LogP contribution < -0.4 is 20.5 Å². The fourth-order valence-electron chi connectivity index (χ4n) is 4.40. The first-order valence-corrected chi connectivity index (χ1v) is 11.0. The number of anilines is 2. The van der Waals surface area contributed by atoms with Gasteiger partial charge in [0.15, 0.2) is 11.6 Å². The second-order valence-corrected chi connectivity index (χ2v) is 8.23. The molecule has 0 amide bonds. The summed E-state index contributed by atoms with van der Waals surface area (Å²) < 4.78 is 37.9. The van der Waals surface area contributed by atoms with E-state index in [4.69, 9.17) is 9.47 Å². The number of hydrazine groups is 1. The summed E-state index contributed by atoms with van der Waals surface area (Å²) in [5.74, 6) is -2.18. The third-order valence-electron chi connectivity index (χ3n) is 6.12. The minimum absolute atomic E-state index is 0.230. The van der Waals surface area contributed by atoms with Crippen LogP contribution in [0, 0.1) is 11.6 Å². The molecule has 4 aromatic rings. The lowest BCUT2D eigenvalue weighted by atomic mass is 10.1. The number of carbonyl (C=O) groups is 2. The van der Waals surface area contributed by atoms with Crippen LogP contribution in [0.25, 0.3) is 10.9 Å². The molecule has 3 aromatic carbocycles. The number of benzene rings is 3. The van der Waals surface area contributed by atoms with Crippen molar-refractivity contribution >= 4 is 34.0 Å². The minimum atomic E-state index is -1.07. The number of hydrogen-bond acceptors (Lipinski definition) is 7. The van der Waals surface area contributed by atoms with Gasteiger partial charge in [0, 0.05) is 23.5 Å². The number of hydrogen-bond donors (Lipinski definition) is 3. The minimum Gasteiger partial charge on any atom is -0.465 e. The Hall–Kier alpha value is -4.70. The normalized spacial score (nSPS) is 14.0. The van der Waals surface area contributed by atoms with Gasteiger partial charge in [-0.25, -0.2) is 14.6 Å². The lowest BCUT2D eigenvalue weighted by molar-refractivity contribution is 0.0603. The number of esters is 1. The maximum atomic E-state index is 14.0. The van der Waals surface area contributed by atoms with Crippen molar-refractivity contribution in [2.45, 2.75) is 0 Å². The molecular weight excluding hydrogens is 470 g/mol. The number of halogens is 2. The summed E-state index contributed by atoms with van der Waals surface area (Å²) >= 11 is 0. The molecule has 0 unspecified atom stereocenters. The average molecular weight is 488 g/mol. The molecule has 2 aliphatic heterocycles.